The Morgan fingerprint density at radius 3 is 3.00 bits per heavy atom. The number of fused-ring (bicyclic) bond motifs is 1. The molecule has 4 nitrogen and oxygen atoms in total. The molecule has 0 unspecified atom stereocenters. The van der Waals surface area contributed by atoms with E-state index in [4.69, 9.17) is 12.2 Å². The summed E-state index contributed by atoms with van der Waals surface area (Å²) in [6.07, 6.45) is 5.19. The van der Waals surface area contributed by atoms with E-state index in [1.807, 2.05) is 18.2 Å². The van der Waals surface area contributed by atoms with Crippen LogP contribution in [0.4, 0.5) is 5.69 Å². The number of aromatic nitrogens is 2. The van der Waals surface area contributed by atoms with Gasteiger partial charge in [-0.3, -0.25) is 0 Å². The molecule has 0 bridgehead atoms. The van der Waals surface area contributed by atoms with E-state index < -0.39 is 0 Å². The van der Waals surface area contributed by atoms with E-state index in [0.29, 0.717) is 11.7 Å². The second-order valence-electron chi connectivity index (χ2n) is 3.42. The molecule has 2 rings (SSSR count). The first kappa shape index (κ1) is 11.5. The highest BCUT2D eigenvalue weighted by molar-refractivity contribution is 7.80. The Hall–Kier alpha value is -2.01. The molecule has 1 aromatic carbocycles. The molecular weight excluding hydrogens is 232 g/mol. The lowest BCUT2D eigenvalue weighted by molar-refractivity contribution is 1.05. The molecule has 0 atom stereocenters. The summed E-state index contributed by atoms with van der Waals surface area (Å²) in [5.41, 5.74) is 0.916. The highest BCUT2D eigenvalue weighted by atomic mass is 32.1. The molecule has 17 heavy (non-hydrogen) atoms. The Balaban J connectivity index is 2.23. The number of benzene rings is 1. The molecule has 1 aromatic heterocycles. The topological polar surface area (TPSA) is 49.8 Å². The van der Waals surface area contributed by atoms with E-state index in [-0.39, 0.29) is 0 Å². The third kappa shape index (κ3) is 2.76. The van der Waals surface area contributed by atoms with Gasteiger partial charge in [-0.1, -0.05) is 18.2 Å². The summed E-state index contributed by atoms with van der Waals surface area (Å²) in [5, 5.41) is 16.4. The van der Waals surface area contributed by atoms with Crippen molar-refractivity contribution in [2.75, 3.05) is 11.9 Å². The molecule has 0 aliphatic rings. The molecule has 0 amide bonds. The minimum absolute atomic E-state index is 0.564. The first-order valence-electron chi connectivity index (χ1n) is 5.16. The summed E-state index contributed by atoms with van der Waals surface area (Å²) in [7, 11) is 0. The van der Waals surface area contributed by atoms with Crippen molar-refractivity contribution in [2.45, 2.75) is 0 Å². The lowest BCUT2D eigenvalue weighted by Gasteiger charge is -2.10. The maximum absolute atomic E-state index is 5.16. The molecule has 2 N–H and O–H groups in total. The number of hydrogen-bond acceptors (Lipinski definition) is 3. The van der Waals surface area contributed by atoms with Crippen LogP contribution in [0.3, 0.4) is 0 Å². The molecule has 2 aromatic rings. The largest absolute Gasteiger partial charge is 0.359 e. The van der Waals surface area contributed by atoms with Crippen LogP contribution < -0.4 is 10.6 Å². The van der Waals surface area contributed by atoms with Crippen molar-refractivity contribution in [3.05, 3.63) is 43.2 Å². The van der Waals surface area contributed by atoms with Gasteiger partial charge in [0.2, 0.25) is 0 Å². The van der Waals surface area contributed by atoms with Crippen LogP contribution >= 0.6 is 12.2 Å². The van der Waals surface area contributed by atoms with Crippen molar-refractivity contribution in [3.8, 4) is 0 Å². The second-order valence-corrected chi connectivity index (χ2v) is 3.83. The molecule has 5 heteroatoms. The molecule has 0 spiro atoms. The van der Waals surface area contributed by atoms with Crippen LogP contribution in [0.2, 0.25) is 0 Å². The predicted octanol–water partition coefficient (Wildman–Crippen LogP) is 2.10. The number of rotatable bonds is 3. The molecule has 0 fully saturated rings. The number of hydrogen-bond donors (Lipinski definition) is 2. The zero-order valence-electron chi connectivity index (χ0n) is 9.18. The van der Waals surface area contributed by atoms with E-state index >= 15 is 0 Å². The molecule has 0 saturated heterocycles. The summed E-state index contributed by atoms with van der Waals surface area (Å²) >= 11 is 5.16. The molecule has 1 heterocycles. The van der Waals surface area contributed by atoms with E-state index in [0.717, 1.165) is 16.5 Å². The molecular formula is C12H12N4S. The van der Waals surface area contributed by atoms with Crippen molar-refractivity contribution in [3.63, 3.8) is 0 Å². The fourth-order valence-corrected chi connectivity index (χ4v) is 1.66. The highest BCUT2D eigenvalue weighted by Gasteiger charge is 2.02. The third-order valence-corrected chi connectivity index (χ3v) is 2.49. The normalized spacial score (nSPS) is 9.88. The first-order chi connectivity index (χ1) is 8.31. The molecule has 0 radical (unpaired) electrons. The van der Waals surface area contributed by atoms with Crippen LogP contribution in [-0.4, -0.2) is 21.9 Å². The predicted molar refractivity (Wildman–Crippen MR) is 74.0 cm³/mol. The summed E-state index contributed by atoms with van der Waals surface area (Å²) in [6.45, 7) is 4.26. The van der Waals surface area contributed by atoms with Crippen molar-refractivity contribution >= 4 is 33.8 Å². The van der Waals surface area contributed by atoms with E-state index in [2.05, 4.69) is 27.4 Å². The Morgan fingerprint density at radius 2 is 2.18 bits per heavy atom. The van der Waals surface area contributed by atoms with Crippen LogP contribution in [0.25, 0.3) is 10.8 Å². The van der Waals surface area contributed by atoms with Gasteiger partial charge in [0.1, 0.15) is 0 Å². The fraction of sp³-hybridized carbons (Fsp3) is 0.0833. The van der Waals surface area contributed by atoms with E-state index in [9.17, 15) is 0 Å². The Labute approximate surface area is 105 Å². The van der Waals surface area contributed by atoms with Crippen molar-refractivity contribution < 1.29 is 0 Å². The number of nitrogens with zero attached hydrogens (tertiary/aromatic N) is 2. The maximum Gasteiger partial charge on any atom is 0.171 e. The van der Waals surface area contributed by atoms with Gasteiger partial charge in [0.05, 0.1) is 12.4 Å². The number of anilines is 1. The van der Waals surface area contributed by atoms with Gasteiger partial charge in [0, 0.05) is 23.0 Å². The quantitative estimate of drug-likeness (QED) is 0.639. The Kier molecular flexibility index (Phi) is 3.62. The molecule has 86 valence electrons. The summed E-state index contributed by atoms with van der Waals surface area (Å²) < 4.78 is 0. The van der Waals surface area contributed by atoms with Crippen molar-refractivity contribution in [2.24, 2.45) is 0 Å². The van der Waals surface area contributed by atoms with Gasteiger partial charge < -0.3 is 10.6 Å². The van der Waals surface area contributed by atoms with Gasteiger partial charge in [-0.15, -0.1) is 6.58 Å². The monoisotopic (exact) mass is 244 g/mol. The minimum Gasteiger partial charge on any atom is -0.359 e. The van der Waals surface area contributed by atoms with Gasteiger partial charge in [0.15, 0.2) is 5.11 Å². The van der Waals surface area contributed by atoms with Crippen LogP contribution in [0, 0.1) is 0 Å². The lowest BCUT2D eigenvalue weighted by Crippen LogP contribution is -2.28. The second kappa shape index (κ2) is 5.36. The van der Waals surface area contributed by atoms with E-state index in [1.165, 1.54) is 0 Å². The zero-order valence-corrected chi connectivity index (χ0v) is 10.00. The van der Waals surface area contributed by atoms with Crippen molar-refractivity contribution in [1.29, 1.82) is 0 Å². The average Bonchev–Trinajstić information content (AvgIpc) is 2.37. The number of thiocarbonyl (C=S) groups is 1. The number of nitrogens with one attached hydrogen (secondary N) is 2. The van der Waals surface area contributed by atoms with Gasteiger partial charge >= 0.3 is 0 Å². The summed E-state index contributed by atoms with van der Waals surface area (Å²) in [6, 6.07) is 5.88. The molecule has 0 saturated carbocycles. The SMILES string of the molecule is C=CCNC(=S)Nc1cccc2cnncc12. The maximum atomic E-state index is 5.16. The lowest BCUT2D eigenvalue weighted by atomic mass is 10.2. The van der Waals surface area contributed by atoms with Crippen LogP contribution in [0.1, 0.15) is 0 Å². The molecule has 0 aliphatic carbocycles. The fourth-order valence-electron chi connectivity index (χ4n) is 1.47. The first-order valence-corrected chi connectivity index (χ1v) is 5.57. The van der Waals surface area contributed by atoms with Crippen molar-refractivity contribution in [1.82, 2.24) is 15.5 Å². The zero-order chi connectivity index (χ0) is 12.1. The third-order valence-electron chi connectivity index (χ3n) is 2.25. The Bertz CT molecular complexity index is 548. The smallest absolute Gasteiger partial charge is 0.171 e. The standard InChI is InChI=1S/C12H12N4S/c1-2-6-13-12(17)16-11-5-3-4-9-7-14-15-8-10(9)11/h2-5,7-8H,1,6H2,(H2,13,16,17). The van der Waals surface area contributed by atoms with Crippen LogP contribution in [0.15, 0.2) is 43.2 Å². The average molecular weight is 244 g/mol. The summed E-state index contributed by atoms with van der Waals surface area (Å²) in [4.78, 5) is 0. The summed E-state index contributed by atoms with van der Waals surface area (Å²) in [5.74, 6) is 0. The van der Waals surface area contributed by atoms with E-state index in [1.54, 1.807) is 18.5 Å². The van der Waals surface area contributed by atoms with Gasteiger partial charge in [0.25, 0.3) is 0 Å². The highest BCUT2D eigenvalue weighted by Crippen LogP contribution is 2.21. The van der Waals surface area contributed by atoms with Gasteiger partial charge in [-0.2, -0.15) is 10.2 Å². The minimum atomic E-state index is 0.564. The van der Waals surface area contributed by atoms with Crippen LogP contribution in [-0.2, 0) is 0 Å². The van der Waals surface area contributed by atoms with Gasteiger partial charge in [-0.25, -0.2) is 0 Å². The van der Waals surface area contributed by atoms with Crippen LogP contribution in [0.5, 0.6) is 0 Å². The van der Waals surface area contributed by atoms with Gasteiger partial charge in [-0.05, 0) is 18.3 Å². The molecule has 0 aliphatic heterocycles. The Morgan fingerprint density at radius 1 is 1.35 bits per heavy atom.